The number of piperidine rings is 1. The van der Waals surface area contributed by atoms with Gasteiger partial charge in [-0.25, -0.2) is 0 Å². The molecule has 0 saturated carbocycles. The van der Waals surface area contributed by atoms with Crippen molar-refractivity contribution in [2.45, 2.75) is 44.6 Å². The number of morpholine rings is 1. The average Bonchev–Trinajstić information content (AvgIpc) is 3.12. The van der Waals surface area contributed by atoms with Crippen LogP contribution in [0.2, 0.25) is 0 Å². The molecule has 2 aliphatic rings. The number of benzene rings is 1. The Labute approximate surface area is 161 Å². The van der Waals surface area contributed by atoms with Crippen LogP contribution in [-0.2, 0) is 16.0 Å². The zero-order valence-corrected chi connectivity index (χ0v) is 16.2. The molecule has 0 aliphatic carbocycles. The van der Waals surface area contributed by atoms with Gasteiger partial charge in [-0.1, -0.05) is 18.2 Å². The molecular weight excluding hydrogens is 338 g/mol. The molecule has 2 aliphatic heterocycles. The summed E-state index contributed by atoms with van der Waals surface area (Å²) in [7, 11) is 0. The third kappa shape index (κ3) is 4.53. The second-order valence-electron chi connectivity index (χ2n) is 7.86. The molecule has 1 aromatic heterocycles. The molecule has 2 aromatic rings. The van der Waals surface area contributed by atoms with E-state index in [1.807, 2.05) is 0 Å². The molecule has 1 aromatic carbocycles. The van der Waals surface area contributed by atoms with Gasteiger partial charge in [-0.05, 0) is 43.7 Å². The zero-order valence-electron chi connectivity index (χ0n) is 16.2. The van der Waals surface area contributed by atoms with E-state index in [2.05, 4.69) is 45.2 Å². The van der Waals surface area contributed by atoms with Gasteiger partial charge in [-0.3, -0.25) is 9.69 Å². The fraction of sp³-hybridized carbons (Fsp3) is 0.591. The third-order valence-corrected chi connectivity index (χ3v) is 6.03. The first kappa shape index (κ1) is 18.5. The standard InChI is InChI=1S/C22H31N3O2/c26-22(10-5-6-18-16-23-21-9-2-1-8-20(18)21)25-11-4-3-7-19(25)17-24-12-14-27-15-13-24/h1-2,8-9,16,19,23H,3-7,10-15,17H2. The van der Waals surface area contributed by atoms with Gasteiger partial charge in [0.2, 0.25) is 5.91 Å². The van der Waals surface area contributed by atoms with E-state index >= 15 is 0 Å². The van der Waals surface area contributed by atoms with E-state index in [0.29, 0.717) is 18.4 Å². The molecule has 3 heterocycles. The van der Waals surface area contributed by atoms with Crippen LogP contribution in [0.25, 0.3) is 10.9 Å². The van der Waals surface area contributed by atoms with E-state index in [-0.39, 0.29) is 0 Å². The maximum atomic E-state index is 12.9. The minimum atomic E-state index is 0.341. The van der Waals surface area contributed by atoms with Crippen LogP contribution in [0.1, 0.15) is 37.7 Å². The summed E-state index contributed by atoms with van der Waals surface area (Å²) in [6, 6.07) is 8.78. The van der Waals surface area contributed by atoms with E-state index < -0.39 is 0 Å². The van der Waals surface area contributed by atoms with Crippen molar-refractivity contribution in [2.24, 2.45) is 0 Å². The lowest BCUT2D eigenvalue weighted by Crippen LogP contribution is -2.51. The van der Waals surface area contributed by atoms with Crippen LogP contribution in [0, 0.1) is 0 Å². The molecular formula is C22H31N3O2. The number of amides is 1. The Morgan fingerprint density at radius 1 is 1.15 bits per heavy atom. The van der Waals surface area contributed by atoms with Gasteiger partial charge in [0.25, 0.3) is 0 Å². The smallest absolute Gasteiger partial charge is 0.222 e. The minimum Gasteiger partial charge on any atom is -0.379 e. The summed E-state index contributed by atoms with van der Waals surface area (Å²) in [6.07, 6.45) is 8.16. The molecule has 146 valence electrons. The second-order valence-corrected chi connectivity index (χ2v) is 7.86. The lowest BCUT2D eigenvalue weighted by atomic mass is 10.00. The van der Waals surface area contributed by atoms with Crippen LogP contribution < -0.4 is 0 Å². The van der Waals surface area contributed by atoms with Crippen molar-refractivity contribution in [1.29, 1.82) is 0 Å². The number of rotatable bonds is 6. The molecule has 1 amide bonds. The number of hydrogen-bond donors (Lipinski definition) is 1. The predicted molar refractivity (Wildman–Crippen MR) is 108 cm³/mol. The molecule has 4 rings (SSSR count). The molecule has 0 radical (unpaired) electrons. The molecule has 1 atom stereocenters. The van der Waals surface area contributed by atoms with Gasteiger partial charge in [0.05, 0.1) is 13.2 Å². The number of hydrogen-bond acceptors (Lipinski definition) is 3. The van der Waals surface area contributed by atoms with Crippen molar-refractivity contribution in [3.8, 4) is 0 Å². The second kappa shape index (κ2) is 8.89. The lowest BCUT2D eigenvalue weighted by molar-refractivity contribution is -0.135. The van der Waals surface area contributed by atoms with Gasteiger partial charge in [0.1, 0.15) is 0 Å². The number of aryl methyl sites for hydroxylation is 1. The van der Waals surface area contributed by atoms with Gasteiger partial charge < -0.3 is 14.6 Å². The van der Waals surface area contributed by atoms with Crippen LogP contribution in [-0.4, -0.2) is 66.1 Å². The number of carbonyl (C=O) groups is 1. The highest BCUT2D eigenvalue weighted by Gasteiger charge is 2.28. The third-order valence-electron chi connectivity index (χ3n) is 6.03. The molecule has 0 spiro atoms. The molecule has 5 heteroatoms. The van der Waals surface area contributed by atoms with Gasteiger partial charge >= 0.3 is 0 Å². The summed E-state index contributed by atoms with van der Waals surface area (Å²) in [5, 5.41) is 1.29. The Hall–Kier alpha value is -1.85. The van der Waals surface area contributed by atoms with Crippen LogP contribution in [0.4, 0.5) is 0 Å². The van der Waals surface area contributed by atoms with Crippen molar-refractivity contribution < 1.29 is 9.53 Å². The fourth-order valence-corrected chi connectivity index (χ4v) is 4.51. The highest BCUT2D eigenvalue weighted by atomic mass is 16.5. The molecule has 27 heavy (non-hydrogen) atoms. The Morgan fingerprint density at radius 3 is 2.89 bits per heavy atom. The molecule has 2 saturated heterocycles. The number of H-pyrrole nitrogens is 1. The number of carbonyl (C=O) groups excluding carboxylic acids is 1. The molecule has 2 fully saturated rings. The summed E-state index contributed by atoms with van der Waals surface area (Å²) in [5.41, 5.74) is 2.50. The summed E-state index contributed by atoms with van der Waals surface area (Å²) in [4.78, 5) is 20.9. The normalized spacial score (nSPS) is 21.6. The largest absolute Gasteiger partial charge is 0.379 e. The number of likely N-dealkylation sites (tertiary alicyclic amines) is 1. The number of aromatic amines is 1. The van der Waals surface area contributed by atoms with Crippen molar-refractivity contribution in [3.63, 3.8) is 0 Å². The van der Waals surface area contributed by atoms with Crippen LogP contribution in [0.3, 0.4) is 0 Å². The van der Waals surface area contributed by atoms with Crippen LogP contribution in [0.5, 0.6) is 0 Å². The maximum absolute atomic E-state index is 12.9. The maximum Gasteiger partial charge on any atom is 0.222 e. The Kier molecular flexibility index (Phi) is 6.10. The van der Waals surface area contributed by atoms with Crippen LogP contribution >= 0.6 is 0 Å². The highest BCUT2D eigenvalue weighted by molar-refractivity contribution is 5.83. The number of ether oxygens (including phenoxy) is 1. The number of nitrogens with one attached hydrogen (secondary N) is 1. The first-order chi connectivity index (χ1) is 13.3. The molecule has 5 nitrogen and oxygen atoms in total. The van der Waals surface area contributed by atoms with E-state index in [4.69, 9.17) is 4.74 Å². The molecule has 0 bridgehead atoms. The SMILES string of the molecule is O=C(CCCc1c[nH]c2ccccc12)N1CCCCC1CN1CCOCC1. The van der Waals surface area contributed by atoms with E-state index in [1.165, 1.54) is 22.9 Å². The molecule has 1 N–H and O–H groups in total. The van der Waals surface area contributed by atoms with E-state index in [1.54, 1.807) is 0 Å². The Bertz CT molecular complexity index is 751. The summed E-state index contributed by atoms with van der Waals surface area (Å²) in [5.74, 6) is 0.341. The van der Waals surface area contributed by atoms with Gasteiger partial charge in [-0.15, -0.1) is 0 Å². The van der Waals surface area contributed by atoms with Gasteiger partial charge in [0.15, 0.2) is 0 Å². The monoisotopic (exact) mass is 369 g/mol. The van der Waals surface area contributed by atoms with E-state index in [9.17, 15) is 4.79 Å². The highest BCUT2D eigenvalue weighted by Crippen LogP contribution is 2.22. The lowest BCUT2D eigenvalue weighted by Gasteiger charge is -2.39. The summed E-state index contributed by atoms with van der Waals surface area (Å²) >= 11 is 0. The quantitative estimate of drug-likeness (QED) is 0.851. The minimum absolute atomic E-state index is 0.341. The Balaban J connectivity index is 1.30. The van der Waals surface area contributed by atoms with Crippen LogP contribution in [0.15, 0.2) is 30.5 Å². The zero-order chi connectivity index (χ0) is 18.5. The predicted octanol–water partition coefficient (Wildman–Crippen LogP) is 3.20. The first-order valence-corrected chi connectivity index (χ1v) is 10.5. The van der Waals surface area contributed by atoms with Crippen molar-refractivity contribution in [2.75, 3.05) is 39.4 Å². The van der Waals surface area contributed by atoms with E-state index in [0.717, 1.165) is 65.1 Å². The topological polar surface area (TPSA) is 48.6 Å². The average molecular weight is 370 g/mol. The number of nitrogens with zero attached hydrogens (tertiary/aromatic N) is 2. The van der Waals surface area contributed by atoms with Crippen molar-refractivity contribution in [1.82, 2.24) is 14.8 Å². The fourth-order valence-electron chi connectivity index (χ4n) is 4.51. The first-order valence-electron chi connectivity index (χ1n) is 10.5. The summed E-state index contributed by atoms with van der Waals surface area (Å²) in [6.45, 7) is 5.59. The number of fused-ring (bicyclic) bond motifs is 1. The number of para-hydroxylation sites is 1. The van der Waals surface area contributed by atoms with Gasteiger partial charge in [-0.2, -0.15) is 0 Å². The van der Waals surface area contributed by atoms with Crippen molar-refractivity contribution in [3.05, 3.63) is 36.0 Å². The Morgan fingerprint density at radius 2 is 2.00 bits per heavy atom. The van der Waals surface area contributed by atoms with Gasteiger partial charge in [0, 0.05) is 55.7 Å². The molecule has 1 unspecified atom stereocenters. The van der Waals surface area contributed by atoms with Crippen molar-refractivity contribution >= 4 is 16.8 Å². The summed E-state index contributed by atoms with van der Waals surface area (Å²) < 4.78 is 5.46. The number of aromatic nitrogens is 1.